The van der Waals surface area contributed by atoms with E-state index in [9.17, 15) is 19.5 Å². The Morgan fingerprint density at radius 3 is 2.56 bits per heavy atom. The van der Waals surface area contributed by atoms with Gasteiger partial charge in [-0.3, -0.25) is 14.4 Å². The molecule has 2 bridgehead atoms. The van der Waals surface area contributed by atoms with E-state index in [1.165, 1.54) is 4.90 Å². The number of alkyl halides is 1. The maximum Gasteiger partial charge on any atom is 0.248 e. The molecule has 3 unspecified atom stereocenters. The van der Waals surface area contributed by atoms with Gasteiger partial charge >= 0.3 is 0 Å². The first kappa shape index (κ1) is 25.1. The molecule has 10 heteroatoms. The Bertz CT molecular complexity index is 1150. The van der Waals surface area contributed by atoms with Crippen molar-refractivity contribution in [3.63, 3.8) is 0 Å². The fourth-order valence-corrected chi connectivity index (χ4v) is 9.48. The molecule has 0 radical (unpaired) electrons. The minimum atomic E-state index is -0.800. The van der Waals surface area contributed by atoms with Crippen LogP contribution in [0.15, 0.2) is 54.6 Å². The predicted molar refractivity (Wildman–Crippen MR) is 141 cm³/mol. The number of nitrogens with zero attached hydrogens (tertiary/aromatic N) is 1. The molecule has 0 aromatic heterocycles. The molecule has 3 amide bonds. The molecule has 2 aromatic rings. The molecular formula is C26H28BrN3O5S. The number of hydrogen-bond acceptors (Lipinski definition) is 6. The van der Waals surface area contributed by atoms with Crippen molar-refractivity contribution >= 4 is 51.1 Å². The maximum atomic E-state index is 13.7. The Labute approximate surface area is 222 Å². The van der Waals surface area contributed by atoms with Gasteiger partial charge in [0.05, 0.1) is 30.3 Å². The van der Waals surface area contributed by atoms with Gasteiger partial charge in [0.25, 0.3) is 0 Å². The zero-order valence-electron chi connectivity index (χ0n) is 19.7. The zero-order valence-corrected chi connectivity index (χ0v) is 22.1. The highest BCUT2D eigenvalue weighted by molar-refractivity contribution is 9.09. The fourth-order valence-electron chi connectivity index (χ4n) is 5.87. The first-order valence-electron chi connectivity index (χ1n) is 11.9. The van der Waals surface area contributed by atoms with E-state index in [0.29, 0.717) is 24.4 Å². The maximum absolute atomic E-state index is 13.7. The van der Waals surface area contributed by atoms with Crippen molar-refractivity contribution in [1.82, 2.24) is 10.2 Å². The van der Waals surface area contributed by atoms with Crippen LogP contribution in [-0.2, 0) is 20.9 Å². The highest BCUT2D eigenvalue weighted by Crippen LogP contribution is 2.67. The molecule has 3 N–H and O–H groups in total. The van der Waals surface area contributed by atoms with E-state index in [4.69, 9.17) is 4.74 Å². The van der Waals surface area contributed by atoms with E-state index >= 15 is 0 Å². The molecule has 36 heavy (non-hydrogen) atoms. The van der Waals surface area contributed by atoms with E-state index < -0.39 is 22.6 Å². The molecule has 3 heterocycles. The van der Waals surface area contributed by atoms with Gasteiger partial charge < -0.3 is 25.4 Å². The summed E-state index contributed by atoms with van der Waals surface area (Å²) < 4.78 is 4.43. The van der Waals surface area contributed by atoms with Gasteiger partial charge in [0.1, 0.15) is 11.8 Å². The number of methoxy groups -OCH3 is 1. The van der Waals surface area contributed by atoms with Gasteiger partial charge in [0.15, 0.2) is 0 Å². The van der Waals surface area contributed by atoms with E-state index in [2.05, 4.69) is 26.6 Å². The summed E-state index contributed by atoms with van der Waals surface area (Å²) in [5, 5.41) is 15.6. The van der Waals surface area contributed by atoms with Gasteiger partial charge in [-0.15, -0.1) is 11.8 Å². The summed E-state index contributed by atoms with van der Waals surface area (Å²) >= 11 is 5.31. The zero-order chi connectivity index (χ0) is 25.4. The summed E-state index contributed by atoms with van der Waals surface area (Å²) in [6.45, 7) is 0.141. The van der Waals surface area contributed by atoms with Crippen LogP contribution in [0, 0.1) is 11.8 Å². The molecule has 0 aliphatic carbocycles. The molecule has 5 rings (SSSR count). The van der Waals surface area contributed by atoms with Crippen molar-refractivity contribution < 1.29 is 24.2 Å². The quantitative estimate of drug-likeness (QED) is 0.418. The number of likely N-dealkylation sites (tertiary alicyclic amines) is 1. The number of ether oxygens (including phenoxy) is 1. The normalized spacial score (nSPS) is 30.2. The third-order valence-electron chi connectivity index (χ3n) is 7.35. The number of halogens is 1. The molecule has 190 valence electrons. The first-order valence-corrected chi connectivity index (χ1v) is 13.7. The standard InChI is InChI=1S/C26H28BrN3O5S/c1-35-17-9-7-16(8-10-17)29-24(33)22-26-13-18(27)21(36-26)19(20(26)25(34)30(22)11-12-31)23(32)28-14-15-5-3-2-4-6-15/h2-10,18-22,31H,11-14H2,1H3,(H,28,32)(H,29,33)/t18?,19-,20+,21-,22?,26?/m1/s1. The minimum Gasteiger partial charge on any atom is -0.497 e. The summed E-state index contributed by atoms with van der Waals surface area (Å²) in [5.74, 6) is -1.27. The number of aliphatic hydroxyl groups is 1. The van der Waals surface area contributed by atoms with Crippen molar-refractivity contribution in [3.8, 4) is 5.75 Å². The molecule has 8 nitrogen and oxygen atoms in total. The first-order chi connectivity index (χ1) is 17.4. The summed E-state index contributed by atoms with van der Waals surface area (Å²) in [6, 6.07) is 15.8. The van der Waals surface area contributed by atoms with Gasteiger partial charge in [-0.2, -0.15) is 0 Å². The van der Waals surface area contributed by atoms with E-state index in [1.807, 2.05) is 30.3 Å². The summed E-state index contributed by atoms with van der Waals surface area (Å²) in [7, 11) is 1.57. The Hall–Kier alpha value is -2.56. The van der Waals surface area contributed by atoms with Crippen LogP contribution in [0.1, 0.15) is 12.0 Å². The number of rotatable bonds is 8. The molecule has 3 aliphatic rings. The molecule has 3 aliphatic heterocycles. The third-order valence-corrected chi connectivity index (χ3v) is 10.6. The second kappa shape index (κ2) is 10.1. The molecule has 3 fully saturated rings. The van der Waals surface area contributed by atoms with Crippen LogP contribution in [0.5, 0.6) is 5.75 Å². The summed E-state index contributed by atoms with van der Waals surface area (Å²) in [6.07, 6.45) is 0.587. The Morgan fingerprint density at radius 2 is 1.89 bits per heavy atom. The average molecular weight is 574 g/mol. The van der Waals surface area contributed by atoms with Gasteiger partial charge in [0, 0.05) is 28.9 Å². The number of benzene rings is 2. The molecular weight excluding hydrogens is 546 g/mol. The van der Waals surface area contributed by atoms with Crippen molar-refractivity contribution in [2.45, 2.75) is 33.8 Å². The second-order valence-electron chi connectivity index (χ2n) is 9.34. The lowest BCUT2D eigenvalue weighted by Crippen LogP contribution is -2.53. The molecule has 6 atom stereocenters. The topological polar surface area (TPSA) is 108 Å². The van der Waals surface area contributed by atoms with Crippen LogP contribution >= 0.6 is 27.7 Å². The molecule has 3 saturated heterocycles. The van der Waals surface area contributed by atoms with Crippen LogP contribution in [0.25, 0.3) is 0 Å². The van der Waals surface area contributed by atoms with Crippen LogP contribution < -0.4 is 15.4 Å². The number of anilines is 1. The SMILES string of the molecule is COc1ccc(NC(=O)C2N(CCO)C(=O)[C@@H]3[C@@H](C(=O)NCc4ccccc4)[C@@H]4SC23CC4Br)cc1. The smallest absolute Gasteiger partial charge is 0.248 e. The van der Waals surface area contributed by atoms with E-state index in [1.54, 1.807) is 43.1 Å². The lowest BCUT2D eigenvalue weighted by Gasteiger charge is -2.35. The van der Waals surface area contributed by atoms with Crippen LogP contribution in [-0.4, -0.2) is 68.9 Å². The van der Waals surface area contributed by atoms with Crippen molar-refractivity contribution in [1.29, 1.82) is 0 Å². The number of nitrogens with one attached hydrogen (secondary N) is 2. The predicted octanol–water partition coefficient (Wildman–Crippen LogP) is 2.41. The number of aliphatic hydroxyl groups excluding tert-OH is 1. The number of carbonyl (C=O) groups excluding carboxylic acids is 3. The number of β-amino-alcohol motifs (C(OH)–C–C–N with tert-alkyl or cyclic N) is 1. The average Bonchev–Trinajstić information content (AvgIpc) is 3.47. The van der Waals surface area contributed by atoms with Gasteiger partial charge in [0.2, 0.25) is 17.7 Å². The number of amides is 3. The Morgan fingerprint density at radius 1 is 1.17 bits per heavy atom. The minimum absolute atomic E-state index is 0.00983. The lowest BCUT2D eigenvalue weighted by molar-refractivity contribution is -0.139. The summed E-state index contributed by atoms with van der Waals surface area (Å²) in [4.78, 5) is 42.3. The van der Waals surface area contributed by atoms with E-state index in [0.717, 1.165) is 5.56 Å². The van der Waals surface area contributed by atoms with Gasteiger partial charge in [-0.25, -0.2) is 0 Å². The van der Waals surface area contributed by atoms with Crippen LogP contribution in [0.2, 0.25) is 0 Å². The van der Waals surface area contributed by atoms with Crippen molar-refractivity contribution in [2.24, 2.45) is 11.8 Å². The molecule has 2 aromatic carbocycles. The number of thioether (sulfide) groups is 1. The number of hydrogen-bond donors (Lipinski definition) is 3. The highest BCUT2D eigenvalue weighted by atomic mass is 79.9. The van der Waals surface area contributed by atoms with Crippen LogP contribution in [0.3, 0.4) is 0 Å². The van der Waals surface area contributed by atoms with Crippen molar-refractivity contribution in [2.75, 3.05) is 25.6 Å². The molecule has 1 spiro atoms. The Balaban J connectivity index is 1.42. The lowest BCUT2D eigenvalue weighted by atomic mass is 9.70. The number of fused-ring (bicyclic) bond motifs is 1. The van der Waals surface area contributed by atoms with Gasteiger partial charge in [-0.05, 0) is 36.2 Å². The number of carbonyl (C=O) groups is 3. The van der Waals surface area contributed by atoms with Crippen LogP contribution in [0.4, 0.5) is 5.69 Å². The Kier molecular flexibility index (Phi) is 7.02. The monoisotopic (exact) mass is 573 g/mol. The highest BCUT2D eigenvalue weighted by Gasteiger charge is 2.75. The fraction of sp³-hybridized carbons (Fsp3) is 0.423. The van der Waals surface area contributed by atoms with E-state index in [-0.39, 0.29) is 41.0 Å². The largest absolute Gasteiger partial charge is 0.497 e. The second-order valence-corrected chi connectivity index (χ2v) is 12.1. The third kappa shape index (κ3) is 4.18. The molecule has 0 saturated carbocycles. The van der Waals surface area contributed by atoms with Crippen molar-refractivity contribution in [3.05, 3.63) is 60.2 Å². The summed E-state index contributed by atoms with van der Waals surface area (Å²) in [5.41, 5.74) is 1.56. The van der Waals surface area contributed by atoms with Gasteiger partial charge in [-0.1, -0.05) is 46.3 Å².